The molecule has 0 saturated heterocycles. The van der Waals surface area contributed by atoms with Gasteiger partial charge in [0.25, 0.3) is 5.56 Å². The minimum absolute atomic E-state index is 0.0316. The van der Waals surface area contributed by atoms with Gasteiger partial charge in [-0.15, -0.1) is 0 Å². The maximum atomic E-state index is 13.1. The summed E-state index contributed by atoms with van der Waals surface area (Å²) in [6, 6.07) is 8.80. The zero-order chi connectivity index (χ0) is 23.6. The van der Waals surface area contributed by atoms with Crippen molar-refractivity contribution in [2.45, 2.75) is 32.8 Å². The highest BCUT2D eigenvalue weighted by atomic mass is 127. The highest BCUT2D eigenvalue weighted by Gasteiger charge is 2.19. The summed E-state index contributed by atoms with van der Waals surface area (Å²) in [6.07, 6.45) is 0.500. The van der Waals surface area contributed by atoms with Gasteiger partial charge >= 0.3 is 5.97 Å². The van der Waals surface area contributed by atoms with Crippen LogP contribution in [-0.2, 0) is 4.79 Å². The van der Waals surface area contributed by atoms with Gasteiger partial charge < -0.3 is 14.6 Å². The largest absolute Gasteiger partial charge is 0.493 e. The van der Waals surface area contributed by atoms with Gasteiger partial charge in [0.1, 0.15) is 5.82 Å². The van der Waals surface area contributed by atoms with E-state index in [4.69, 9.17) is 14.6 Å². The second-order valence-electron chi connectivity index (χ2n) is 7.28. The first-order chi connectivity index (χ1) is 15.1. The Morgan fingerprint density at radius 3 is 2.62 bits per heavy atom. The molecule has 0 aliphatic carbocycles. The van der Waals surface area contributed by atoms with Gasteiger partial charge in [-0.25, -0.2) is 9.78 Å². The summed E-state index contributed by atoms with van der Waals surface area (Å²) in [7, 11) is 1.47. The van der Waals surface area contributed by atoms with Gasteiger partial charge in [0, 0.05) is 10.4 Å². The maximum Gasteiger partial charge on any atom is 0.344 e. The molecule has 10 heteroatoms. The fourth-order valence-electron chi connectivity index (χ4n) is 2.93. The first kappa shape index (κ1) is 24.2. The van der Waals surface area contributed by atoms with Crippen LogP contribution >= 0.6 is 38.5 Å². The number of nitrogens with zero attached hydrogens (tertiary/aromatic N) is 3. The van der Waals surface area contributed by atoms with Crippen LogP contribution in [0.25, 0.3) is 10.9 Å². The van der Waals surface area contributed by atoms with Crippen molar-refractivity contribution >= 4 is 61.6 Å². The van der Waals surface area contributed by atoms with Gasteiger partial charge in [0.05, 0.1) is 27.8 Å². The summed E-state index contributed by atoms with van der Waals surface area (Å²) in [5, 5.41) is 14.0. The molecule has 3 rings (SSSR count). The third-order valence-electron chi connectivity index (χ3n) is 4.57. The van der Waals surface area contributed by atoms with Crippen LogP contribution in [0.1, 0.15) is 38.1 Å². The molecular weight excluding hydrogens is 593 g/mol. The molecule has 1 N–H and O–H groups in total. The van der Waals surface area contributed by atoms with Crippen molar-refractivity contribution < 1.29 is 19.4 Å². The number of benzene rings is 2. The van der Waals surface area contributed by atoms with Gasteiger partial charge in [-0.3, -0.25) is 4.79 Å². The molecule has 0 aliphatic heterocycles. The highest BCUT2D eigenvalue weighted by molar-refractivity contribution is 14.1. The molecule has 0 spiro atoms. The van der Waals surface area contributed by atoms with Crippen LogP contribution in [0.4, 0.5) is 0 Å². The topological polar surface area (TPSA) is 103 Å². The van der Waals surface area contributed by atoms with Crippen molar-refractivity contribution in [3.05, 3.63) is 60.1 Å². The average molecular weight is 614 g/mol. The van der Waals surface area contributed by atoms with Crippen LogP contribution < -0.4 is 15.0 Å². The van der Waals surface area contributed by atoms with E-state index in [0.29, 0.717) is 37.4 Å². The third kappa shape index (κ3) is 5.12. The molecule has 168 valence electrons. The van der Waals surface area contributed by atoms with Gasteiger partial charge in [-0.05, 0) is 65.4 Å². The van der Waals surface area contributed by atoms with E-state index in [1.54, 1.807) is 24.3 Å². The zero-order valence-corrected chi connectivity index (χ0v) is 21.5. The molecule has 0 bridgehead atoms. The first-order valence-electron chi connectivity index (χ1n) is 9.66. The summed E-state index contributed by atoms with van der Waals surface area (Å²) >= 11 is 5.43. The van der Waals surface area contributed by atoms with Crippen LogP contribution in [0.15, 0.2) is 44.7 Å². The van der Waals surface area contributed by atoms with E-state index in [1.165, 1.54) is 24.9 Å². The lowest BCUT2D eigenvalue weighted by molar-refractivity contribution is -0.144. The van der Waals surface area contributed by atoms with Crippen molar-refractivity contribution in [2.24, 2.45) is 5.10 Å². The van der Waals surface area contributed by atoms with E-state index in [-0.39, 0.29) is 11.5 Å². The molecule has 0 radical (unpaired) electrons. The molecule has 0 amide bonds. The molecule has 0 fully saturated rings. The van der Waals surface area contributed by atoms with Crippen molar-refractivity contribution in [1.82, 2.24) is 9.66 Å². The van der Waals surface area contributed by atoms with Crippen LogP contribution in [0.2, 0.25) is 0 Å². The standard InChI is InChI=1S/C22H21BrIN3O5/c1-11(2)20-26-17-6-5-14(23)9-15(17)21(28)27(20)25-10-13-7-16(24)19(18(8-13)31-4)32-12(3)22(29)30/h5-12H,1-4H3,(H,29,30)/t12-/m1/s1. The summed E-state index contributed by atoms with van der Waals surface area (Å²) in [5.41, 5.74) is 0.990. The second kappa shape index (κ2) is 9.99. The Labute approximate surface area is 206 Å². The Kier molecular flexibility index (Phi) is 7.55. The Hall–Kier alpha value is -2.47. The van der Waals surface area contributed by atoms with Gasteiger partial charge in [-0.2, -0.15) is 9.78 Å². The van der Waals surface area contributed by atoms with E-state index in [1.807, 2.05) is 42.5 Å². The predicted octanol–water partition coefficient (Wildman–Crippen LogP) is 4.63. The third-order valence-corrected chi connectivity index (χ3v) is 5.86. The minimum atomic E-state index is -1.08. The summed E-state index contributed by atoms with van der Waals surface area (Å²) < 4.78 is 13.6. The molecule has 1 atom stereocenters. The van der Waals surface area contributed by atoms with Gasteiger partial charge in [0.15, 0.2) is 17.6 Å². The van der Waals surface area contributed by atoms with E-state index < -0.39 is 12.1 Å². The maximum absolute atomic E-state index is 13.1. The lowest BCUT2D eigenvalue weighted by Gasteiger charge is -2.16. The summed E-state index contributed by atoms with van der Waals surface area (Å²) in [6.45, 7) is 5.33. The fourth-order valence-corrected chi connectivity index (χ4v) is 4.05. The van der Waals surface area contributed by atoms with Crippen LogP contribution in [0, 0.1) is 3.57 Å². The number of hydrogen-bond donors (Lipinski definition) is 1. The fraction of sp³-hybridized carbons (Fsp3) is 0.273. The zero-order valence-electron chi connectivity index (χ0n) is 17.8. The first-order valence-corrected chi connectivity index (χ1v) is 11.5. The average Bonchev–Trinajstić information content (AvgIpc) is 2.74. The summed E-state index contributed by atoms with van der Waals surface area (Å²) in [5.74, 6) is 0.124. The Bertz CT molecular complexity index is 1270. The van der Waals surface area contributed by atoms with Crippen molar-refractivity contribution in [3.8, 4) is 11.5 Å². The molecule has 8 nitrogen and oxygen atoms in total. The number of aromatic nitrogens is 2. The van der Waals surface area contributed by atoms with Gasteiger partial charge in [0.2, 0.25) is 0 Å². The monoisotopic (exact) mass is 613 g/mol. The van der Waals surface area contributed by atoms with E-state index in [2.05, 4.69) is 26.0 Å². The predicted molar refractivity (Wildman–Crippen MR) is 134 cm³/mol. The molecule has 1 heterocycles. The van der Waals surface area contributed by atoms with Crippen LogP contribution in [0.3, 0.4) is 0 Å². The smallest absolute Gasteiger partial charge is 0.344 e. The molecule has 3 aromatic rings. The number of hydrogen-bond acceptors (Lipinski definition) is 6. The second-order valence-corrected chi connectivity index (χ2v) is 9.36. The van der Waals surface area contributed by atoms with E-state index >= 15 is 0 Å². The summed E-state index contributed by atoms with van der Waals surface area (Å²) in [4.78, 5) is 28.9. The molecule has 0 aliphatic rings. The van der Waals surface area contributed by atoms with Crippen molar-refractivity contribution in [1.29, 1.82) is 0 Å². The van der Waals surface area contributed by atoms with Crippen molar-refractivity contribution in [3.63, 3.8) is 0 Å². The molecule has 0 unspecified atom stereocenters. The molecule has 32 heavy (non-hydrogen) atoms. The quantitative estimate of drug-likeness (QED) is 0.308. The van der Waals surface area contributed by atoms with Gasteiger partial charge in [-0.1, -0.05) is 29.8 Å². The number of carboxylic acids is 1. The molecule has 0 saturated carbocycles. The number of rotatable bonds is 7. The molecule has 2 aromatic carbocycles. The number of ether oxygens (including phenoxy) is 2. The number of carboxylic acid groups (broad SMARTS) is 1. The Balaban J connectivity index is 2.08. The number of aliphatic carboxylic acids is 1. The van der Waals surface area contributed by atoms with Crippen molar-refractivity contribution in [2.75, 3.05) is 7.11 Å². The number of carbonyl (C=O) groups is 1. The molecule has 1 aromatic heterocycles. The normalized spacial score (nSPS) is 12.5. The Morgan fingerprint density at radius 2 is 2.00 bits per heavy atom. The van der Waals surface area contributed by atoms with E-state index in [9.17, 15) is 9.59 Å². The Morgan fingerprint density at radius 1 is 1.28 bits per heavy atom. The van der Waals surface area contributed by atoms with E-state index in [0.717, 1.165) is 4.47 Å². The minimum Gasteiger partial charge on any atom is -0.493 e. The lowest BCUT2D eigenvalue weighted by Crippen LogP contribution is -2.23. The van der Waals surface area contributed by atoms with Crippen LogP contribution in [0.5, 0.6) is 11.5 Å². The van der Waals surface area contributed by atoms with Crippen LogP contribution in [-0.4, -0.2) is 40.2 Å². The SMILES string of the molecule is COc1cc(C=Nn2c(C(C)C)nc3ccc(Br)cc3c2=O)cc(I)c1O[C@H](C)C(=O)O. The number of halogens is 2. The number of fused-ring (bicyclic) bond motifs is 1. The molecular formula is C22H21BrIN3O5. The number of methoxy groups -OCH3 is 1. The lowest BCUT2D eigenvalue weighted by atomic mass is 10.2. The highest BCUT2D eigenvalue weighted by Crippen LogP contribution is 2.34.